The van der Waals surface area contributed by atoms with Gasteiger partial charge in [0.15, 0.2) is 0 Å². The Kier molecular flexibility index (Phi) is 4.77. The number of benzene rings is 1. The number of hydrogen-bond donors (Lipinski definition) is 1. The van der Waals surface area contributed by atoms with E-state index < -0.39 is 0 Å². The summed E-state index contributed by atoms with van der Waals surface area (Å²) in [5, 5.41) is 0.683. The Balaban J connectivity index is 2.82. The molecule has 0 fully saturated rings. The third kappa shape index (κ3) is 2.97. The van der Waals surface area contributed by atoms with Crippen molar-refractivity contribution in [3.05, 3.63) is 34.9 Å². The van der Waals surface area contributed by atoms with Gasteiger partial charge in [-0.05, 0) is 18.6 Å². The van der Waals surface area contributed by atoms with Gasteiger partial charge in [0.25, 0.3) is 0 Å². The van der Waals surface area contributed by atoms with E-state index in [4.69, 9.17) is 17.3 Å². The van der Waals surface area contributed by atoms with Crippen LogP contribution in [0.2, 0.25) is 5.02 Å². The van der Waals surface area contributed by atoms with Crippen molar-refractivity contribution in [3.63, 3.8) is 0 Å². The molecule has 0 radical (unpaired) electrons. The number of nitrogens with two attached hydrogens (primary N) is 1. The zero-order valence-electron chi connectivity index (χ0n) is 9.61. The maximum Gasteiger partial charge on any atom is 0.224 e. The molecule has 0 aliphatic rings. The minimum absolute atomic E-state index is 0.0345. The molecule has 1 aromatic carbocycles. The van der Waals surface area contributed by atoms with Crippen LogP contribution in [-0.4, -0.2) is 24.4 Å². The fourth-order valence-electron chi connectivity index (χ4n) is 1.54. The van der Waals surface area contributed by atoms with Crippen molar-refractivity contribution in [2.75, 3.05) is 13.6 Å². The van der Waals surface area contributed by atoms with Crippen molar-refractivity contribution >= 4 is 17.5 Å². The maximum atomic E-state index is 11.7. The van der Waals surface area contributed by atoms with Gasteiger partial charge in [0.1, 0.15) is 0 Å². The summed E-state index contributed by atoms with van der Waals surface area (Å²) in [7, 11) is 1.77. The molecule has 1 rings (SSSR count). The molecule has 1 atom stereocenters. The highest BCUT2D eigenvalue weighted by Gasteiger charge is 2.18. The van der Waals surface area contributed by atoms with Crippen molar-refractivity contribution in [3.8, 4) is 0 Å². The van der Waals surface area contributed by atoms with E-state index in [-0.39, 0.29) is 11.9 Å². The molecular weight excluding hydrogens is 224 g/mol. The van der Waals surface area contributed by atoms with Crippen molar-refractivity contribution in [2.45, 2.75) is 19.4 Å². The number of halogens is 1. The van der Waals surface area contributed by atoms with Gasteiger partial charge in [0.2, 0.25) is 5.91 Å². The Hall–Kier alpha value is -1.06. The predicted molar refractivity (Wildman–Crippen MR) is 66.3 cm³/mol. The van der Waals surface area contributed by atoms with E-state index in [0.717, 1.165) is 5.56 Å². The Labute approximate surface area is 101 Å². The average Bonchev–Trinajstić information content (AvgIpc) is 2.28. The van der Waals surface area contributed by atoms with E-state index >= 15 is 0 Å². The molecule has 3 nitrogen and oxygen atoms in total. The lowest BCUT2D eigenvalue weighted by Gasteiger charge is -2.26. The lowest BCUT2D eigenvalue weighted by atomic mass is 10.1. The zero-order valence-corrected chi connectivity index (χ0v) is 10.4. The average molecular weight is 241 g/mol. The Bertz CT molecular complexity index is 368. The Morgan fingerprint density at radius 3 is 2.69 bits per heavy atom. The molecule has 0 saturated carbocycles. The van der Waals surface area contributed by atoms with Crippen molar-refractivity contribution in [1.29, 1.82) is 0 Å². The molecule has 0 saturated heterocycles. The van der Waals surface area contributed by atoms with Gasteiger partial charge in [-0.15, -0.1) is 0 Å². The van der Waals surface area contributed by atoms with Crippen LogP contribution in [0.25, 0.3) is 0 Å². The van der Waals surface area contributed by atoms with Crippen LogP contribution >= 0.6 is 11.6 Å². The zero-order chi connectivity index (χ0) is 12.1. The minimum atomic E-state index is -0.0345. The quantitative estimate of drug-likeness (QED) is 0.877. The van der Waals surface area contributed by atoms with Gasteiger partial charge in [-0.1, -0.05) is 29.8 Å². The summed E-state index contributed by atoms with van der Waals surface area (Å²) in [4.78, 5) is 13.3. The number of rotatable bonds is 4. The first-order valence-electron chi connectivity index (χ1n) is 5.28. The predicted octanol–water partition coefficient (Wildman–Crippen LogP) is 2.21. The molecule has 88 valence electrons. The monoisotopic (exact) mass is 240 g/mol. The molecule has 0 spiro atoms. The molecule has 2 N–H and O–H groups in total. The van der Waals surface area contributed by atoms with Crippen LogP contribution < -0.4 is 5.73 Å². The number of hydrogen-bond acceptors (Lipinski definition) is 2. The summed E-state index contributed by atoms with van der Waals surface area (Å²) in [5.74, 6) is 0.0370. The third-order valence-electron chi connectivity index (χ3n) is 2.69. The molecule has 0 aromatic heterocycles. The van der Waals surface area contributed by atoms with Crippen molar-refractivity contribution in [1.82, 2.24) is 4.90 Å². The normalized spacial score (nSPS) is 12.2. The summed E-state index contributed by atoms with van der Waals surface area (Å²) >= 11 is 6.08. The summed E-state index contributed by atoms with van der Waals surface area (Å²) in [6.07, 6.45) is 0.366. The fraction of sp³-hybridized carbons (Fsp3) is 0.417. The van der Waals surface area contributed by atoms with Crippen LogP contribution in [-0.2, 0) is 4.79 Å². The Morgan fingerprint density at radius 2 is 2.12 bits per heavy atom. The van der Waals surface area contributed by atoms with Gasteiger partial charge in [-0.25, -0.2) is 0 Å². The van der Waals surface area contributed by atoms with Crippen LogP contribution in [0.3, 0.4) is 0 Å². The van der Waals surface area contributed by atoms with Gasteiger partial charge in [-0.3, -0.25) is 4.79 Å². The summed E-state index contributed by atoms with van der Waals surface area (Å²) in [6.45, 7) is 2.33. The highest BCUT2D eigenvalue weighted by Crippen LogP contribution is 2.26. The van der Waals surface area contributed by atoms with Crippen LogP contribution in [0.1, 0.15) is 24.9 Å². The second kappa shape index (κ2) is 5.87. The van der Waals surface area contributed by atoms with Crippen LogP contribution in [0.15, 0.2) is 24.3 Å². The van der Waals surface area contributed by atoms with E-state index in [1.807, 2.05) is 31.2 Å². The standard InChI is InChI=1S/C12H17ClN2O/c1-9(15(2)12(16)7-8-14)10-5-3-4-6-11(10)13/h3-6,9H,7-8,14H2,1-2H3. The molecule has 1 unspecified atom stereocenters. The number of amides is 1. The van der Waals surface area contributed by atoms with E-state index in [2.05, 4.69) is 0 Å². The molecule has 4 heteroatoms. The topological polar surface area (TPSA) is 46.3 Å². The second-order valence-electron chi connectivity index (χ2n) is 3.74. The smallest absolute Gasteiger partial charge is 0.224 e. The van der Waals surface area contributed by atoms with Crippen LogP contribution in [0, 0.1) is 0 Å². The van der Waals surface area contributed by atoms with E-state index in [9.17, 15) is 4.79 Å². The molecule has 1 aromatic rings. The maximum absolute atomic E-state index is 11.7. The van der Waals surface area contributed by atoms with Crippen LogP contribution in [0.4, 0.5) is 0 Å². The molecule has 0 aliphatic heterocycles. The van der Waals surface area contributed by atoms with Crippen molar-refractivity contribution in [2.24, 2.45) is 5.73 Å². The van der Waals surface area contributed by atoms with Crippen molar-refractivity contribution < 1.29 is 4.79 Å². The van der Waals surface area contributed by atoms with E-state index in [1.165, 1.54) is 0 Å². The number of nitrogens with zero attached hydrogens (tertiary/aromatic N) is 1. The Morgan fingerprint density at radius 1 is 1.50 bits per heavy atom. The first-order chi connectivity index (χ1) is 7.57. The fourth-order valence-corrected chi connectivity index (χ4v) is 1.83. The lowest BCUT2D eigenvalue weighted by Crippen LogP contribution is -2.31. The highest BCUT2D eigenvalue weighted by atomic mass is 35.5. The third-order valence-corrected chi connectivity index (χ3v) is 3.03. The van der Waals surface area contributed by atoms with Gasteiger partial charge in [0.05, 0.1) is 6.04 Å². The molecule has 1 amide bonds. The summed E-state index contributed by atoms with van der Waals surface area (Å²) in [5.41, 5.74) is 6.32. The highest BCUT2D eigenvalue weighted by molar-refractivity contribution is 6.31. The lowest BCUT2D eigenvalue weighted by molar-refractivity contribution is -0.131. The minimum Gasteiger partial charge on any atom is -0.339 e. The van der Waals surface area contributed by atoms with Gasteiger partial charge in [0, 0.05) is 25.0 Å². The van der Waals surface area contributed by atoms with Gasteiger partial charge in [-0.2, -0.15) is 0 Å². The number of carbonyl (C=O) groups excluding carboxylic acids is 1. The molecule has 16 heavy (non-hydrogen) atoms. The van der Waals surface area contributed by atoms with Gasteiger partial charge >= 0.3 is 0 Å². The summed E-state index contributed by atoms with van der Waals surface area (Å²) < 4.78 is 0. The first-order valence-corrected chi connectivity index (χ1v) is 5.66. The molecule has 0 aliphatic carbocycles. The van der Waals surface area contributed by atoms with E-state index in [0.29, 0.717) is 18.0 Å². The second-order valence-corrected chi connectivity index (χ2v) is 4.15. The van der Waals surface area contributed by atoms with Gasteiger partial charge < -0.3 is 10.6 Å². The summed E-state index contributed by atoms with van der Waals surface area (Å²) in [6, 6.07) is 7.51. The van der Waals surface area contributed by atoms with E-state index in [1.54, 1.807) is 11.9 Å². The SMILES string of the molecule is CC(c1ccccc1Cl)N(C)C(=O)CCN. The largest absolute Gasteiger partial charge is 0.339 e. The van der Waals surface area contributed by atoms with Crippen LogP contribution in [0.5, 0.6) is 0 Å². The molecule has 0 heterocycles. The first kappa shape index (κ1) is 13.0. The molecule has 0 bridgehead atoms. The number of carbonyl (C=O) groups is 1. The molecular formula is C12H17ClN2O.